The van der Waals surface area contributed by atoms with E-state index >= 15 is 0 Å². The number of fused-ring (bicyclic) bond motifs is 1. The molecule has 1 aliphatic carbocycles. The summed E-state index contributed by atoms with van der Waals surface area (Å²) in [6.07, 6.45) is 2.40. The number of thioether (sulfide) groups is 1. The van der Waals surface area contributed by atoms with Crippen molar-refractivity contribution in [3.05, 3.63) is 41.0 Å². The van der Waals surface area contributed by atoms with Gasteiger partial charge in [0.25, 0.3) is 0 Å². The molecule has 0 saturated carbocycles. The molecular weight excluding hydrogens is 334 g/mol. The molecule has 128 valence electrons. The van der Waals surface area contributed by atoms with Gasteiger partial charge >= 0.3 is 11.9 Å². The molecule has 0 heterocycles. The lowest BCUT2D eigenvalue weighted by Gasteiger charge is -2.27. The molecule has 4 N–H and O–H groups in total. The summed E-state index contributed by atoms with van der Waals surface area (Å²) >= 11 is 1.16. The molecular formula is C16H17NO6S. The summed E-state index contributed by atoms with van der Waals surface area (Å²) in [5.74, 6) is -2.66. The number of hydrogen-bond acceptors (Lipinski definition) is 5. The molecule has 0 radical (unpaired) electrons. The van der Waals surface area contributed by atoms with Gasteiger partial charge in [-0.1, -0.05) is 18.2 Å². The number of hydrogen-bond donors (Lipinski definition) is 4. The molecule has 1 aromatic rings. The monoisotopic (exact) mass is 351 g/mol. The van der Waals surface area contributed by atoms with E-state index in [9.17, 15) is 19.5 Å². The molecule has 0 saturated heterocycles. The number of nitrogens with one attached hydrogen (secondary N) is 1. The quantitative estimate of drug-likeness (QED) is 0.606. The van der Waals surface area contributed by atoms with Crippen LogP contribution in [0.5, 0.6) is 0 Å². The third-order valence-electron chi connectivity index (χ3n) is 3.54. The van der Waals surface area contributed by atoms with Crippen LogP contribution in [0, 0.1) is 0 Å². The van der Waals surface area contributed by atoms with E-state index in [0.29, 0.717) is 5.56 Å². The Hall–Kier alpha value is -2.32. The Morgan fingerprint density at radius 3 is 2.58 bits per heavy atom. The van der Waals surface area contributed by atoms with Gasteiger partial charge in [0.1, 0.15) is 6.04 Å². The van der Waals surface area contributed by atoms with E-state index < -0.39 is 35.2 Å². The molecule has 1 aromatic carbocycles. The van der Waals surface area contributed by atoms with Crippen LogP contribution < -0.4 is 5.32 Å². The normalized spacial score (nSPS) is 20.1. The summed E-state index contributed by atoms with van der Waals surface area (Å²) in [6.45, 7) is 1.23. The van der Waals surface area contributed by atoms with E-state index in [-0.39, 0.29) is 11.3 Å². The summed E-state index contributed by atoms with van der Waals surface area (Å²) in [5.41, 5.74) is 1.49. The molecule has 2 rings (SSSR count). The number of rotatable bonds is 6. The average molecular weight is 351 g/mol. The predicted octanol–water partition coefficient (Wildman–Crippen LogP) is 1.14. The molecule has 8 heteroatoms. The summed E-state index contributed by atoms with van der Waals surface area (Å²) in [4.78, 5) is 33.4. The second-order valence-corrected chi connectivity index (χ2v) is 6.52. The van der Waals surface area contributed by atoms with E-state index in [2.05, 4.69) is 5.32 Å². The molecule has 1 amide bonds. The van der Waals surface area contributed by atoms with Gasteiger partial charge in [-0.2, -0.15) is 0 Å². The Kier molecular flexibility index (Phi) is 5.63. The Morgan fingerprint density at radius 2 is 2.00 bits per heavy atom. The minimum atomic E-state index is -1.17. The zero-order chi connectivity index (χ0) is 17.9. The van der Waals surface area contributed by atoms with Crippen molar-refractivity contribution in [3.63, 3.8) is 0 Å². The number of benzene rings is 1. The highest BCUT2D eigenvalue weighted by Crippen LogP contribution is 2.39. The number of amides is 1. The van der Waals surface area contributed by atoms with Gasteiger partial charge in [-0.3, -0.25) is 4.79 Å². The van der Waals surface area contributed by atoms with E-state index in [1.807, 2.05) is 0 Å². The minimum Gasteiger partial charge on any atom is -0.480 e. The SMILES string of the molecule is CC(=O)N[C@@H](CS[C@H]1c2cc(C(=O)O)ccc2C=C[C@@H]1O)C(=O)O. The Labute approximate surface area is 142 Å². The van der Waals surface area contributed by atoms with Gasteiger partial charge in [0.2, 0.25) is 5.91 Å². The summed E-state index contributed by atoms with van der Waals surface area (Å²) in [7, 11) is 0. The molecule has 0 fully saturated rings. The molecule has 0 unspecified atom stereocenters. The standard InChI is InChI=1S/C16H17NO6S/c1-8(18)17-12(16(22)23)7-24-14-11-6-10(15(20)21)3-2-9(11)4-5-13(14)19/h2-6,12-14,19H,7H2,1H3,(H,17,18)(H,20,21)(H,22,23)/t12-,13-,14-/m0/s1. The topological polar surface area (TPSA) is 124 Å². The second-order valence-electron chi connectivity index (χ2n) is 5.34. The molecule has 0 spiro atoms. The first-order chi connectivity index (χ1) is 11.3. The first kappa shape index (κ1) is 18.0. The lowest BCUT2D eigenvalue weighted by molar-refractivity contribution is -0.140. The van der Waals surface area contributed by atoms with Crippen LogP contribution >= 0.6 is 11.8 Å². The molecule has 0 bridgehead atoms. The van der Waals surface area contributed by atoms with Crippen LogP contribution in [0.2, 0.25) is 0 Å². The number of carbonyl (C=O) groups excluding carboxylic acids is 1. The lowest BCUT2D eigenvalue weighted by Crippen LogP contribution is -2.41. The highest BCUT2D eigenvalue weighted by molar-refractivity contribution is 7.99. The van der Waals surface area contributed by atoms with Crippen molar-refractivity contribution in [2.45, 2.75) is 24.3 Å². The number of carboxylic acids is 2. The van der Waals surface area contributed by atoms with Crippen molar-refractivity contribution in [3.8, 4) is 0 Å². The van der Waals surface area contributed by atoms with Gasteiger partial charge in [-0.15, -0.1) is 11.8 Å². The zero-order valence-electron chi connectivity index (χ0n) is 12.8. The molecule has 0 aromatic heterocycles. The first-order valence-electron chi connectivity index (χ1n) is 7.14. The van der Waals surface area contributed by atoms with Crippen LogP contribution in [0.25, 0.3) is 6.08 Å². The maximum Gasteiger partial charge on any atom is 0.335 e. The van der Waals surface area contributed by atoms with Crippen LogP contribution in [0.15, 0.2) is 24.3 Å². The maximum atomic E-state index is 11.2. The predicted molar refractivity (Wildman–Crippen MR) is 88.9 cm³/mol. The van der Waals surface area contributed by atoms with Crippen molar-refractivity contribution in [1.29, 1.82) is 0 Å². The summed E-state index contributed by atoms with van der Waals surface area (Å²) in [5, 5.41) is 30.3. The van der Waals surface area contributed by atoms with Gasteiger partial charge in [0, 0.05) is 12.7 Å². The van der Waals surface area contributed by atoms with Crippen LogP contribution in [0.4, 0.5) is 0 Å². The fourth-order valence-electron chi connectivity index (χ4n) is 2.40. The van der Waals surface area contributed by atoms with Gasteiger partial charge < -0.3 is 20.6 Å². The van der Waals surface area contributed by atoms with Crippen molar-refractivity contribution in [2.24, 2.45) is 0 Å². The Balaban J connectivity index is 2.22. The molecule has 3 atom stereocenters. The number of aliphatic carboxylic acids is 1. The van der Waals surface area contributed by atoms with Crippen LogP contribution in [-0.4, -0.2) is 51.1 Å². The van der Waals surface area contributed by atoms with Crippen LogP contribution in [0.3, 0.4) is 0 Å². The smallest absolute Gasteiger partial charge is 0.335 e. The third kappa shape index (κ3) is 4.15. The summed E-state index contributed by atoms with van der Waals surface area (Å²) in [6, 6.07) is 3.52. The molecule has 24 heavy (non-hydrogen) atoms. The number of carboxylic acid groups (broad SMARTS) is 2. The van der Waals surface area contributed by atoms with Crippen molar-refractivity contribution in [2.75, 3.05) is 5.75 Å². The van der Waals surface area contributed by atoms with Gasteiger partial charge in [-0.05, 0) is 23.3 Å². The van der Waals surface area contributed by atoms with Crippen molar-refractivity contribution < 1.29 is 29.7 Å². The van der Waals surface area contributed by atoms with E-state index in [4.69, 9.17) is 10.2 Å². The van der Waals surface area contributed by atoms with Crippen LogP contribution in [0.1, 0.15) is 33.7 Å². The Morgan fingerprint density at radius 1 is 1.29 bits per heavy atom. The van der Waals surface area contributed by atoms with Crippen molar-refractivity contribution >= 4 is 35.7 Å². The Bertz CT molecular complexity index is 702. The minimum absolute atomic E-state index is 0.0429. The van der Waals surface area contributed by atoms with Crippen molar-refractivity contribution in [1.82, 2.24) is 5.32 Å². The highest BCUT2D eigenvalue weighted by Gasteiger charge is 2.29. The second kappa shape index (κ2) is 7.50. The van der Waals surface area contributed by atoms with Gasteiger partial charge in [0.05, 0.1) is 16.9 Å². The fourth-order valence-corrected chi connectivity index (χ4v) is 3.70. The molecule has 7 nitrogen and oxygen atoms in total. The fraction of sp³-hybridized carbons (Fsp3) is 0.312. The number of aromatic carboxylic acids is 1. The van der Waals surface area contributed by atoms with Gasteiger partial charge in [0.15, 0.2) is 0 Å². The number of carbonyl (C=O) groups is 3. The van der Waals surface area contributed by atoms with E-state index in [1.54, 1.807) is 18.2 Å². The van der Waals surface area contributed by atoms with Gasteiger partial charge in [-0.25, -0.2) is 9.59 Å². The largest absolute Gasteiger partial charge is 0.480 e. The maximum absolute atomic E-state index is 11.2. The lowest BCUT2D eigenvalue weighted by atomic mass is 9.93. The van der Waals surface area contributed by atoms with E-state index in [1.165, 1.54) is 19.1 Å². The average Bonchev–Trinajstić information content (AvgIpc) is 2.51. The highest BCUT2D eigenvalue weighted by atomic mass is 32.2. The first-order valence-corrected chi connectivity index (χ1v) is 8.19. The summed E-state index contributed by atoms with van der Waals surface area (Å²) < 4.78 is 0. The van der Waals surface area contributed by atoms with E-state index in [0.717, 1.165) is 17.3 Å². The molecule has 0 aliphatic heterocycles. The number of aliphatic hydroxyl groups is 1. The van der Waals surface area contributed by atoms with Crippen LogP contribution in [-0.2, 0) is 9.59 Å². The molecule has 1 aliphatic rings. The zero-order valence-corrected chi connectivity index (χ0v) is 13.6. The third-order valence-corrected chi connectivity index (χ3v) is 4.96. The number of aliphatic hydroxyl groups excluding tert-OH is 1.